The van der Waals surface area contributed by atoms with Crippen LogP contribution in [0.4, 0.5) is 11.4 Å². The van der Waals surface area contributed by atoms with Crippen LogP contribution in [0.25, 0.3) is 0 Å². The molecule has 0 aliphatic rings. The molecular weight excluding hydrogens is 492 g/mol. The minimum atomic E-state index is -4.24. The molecule has 3 rings (SSSR count). The van der Waals surface area contributed by atoms with Crippen molar-refractivity contribution in [3.8, 4) is 11.5 Å². The van der Waals surface area contributed by atoms with Crippen molar-refractivity contribution in [2.45, 2.75) is 9.79 Å². The van der Waals surface area contributed by atoms with Crippen molar-refractivity contribution in [3.05, 3.63) is 71.8 Å². The molecule has 0 unspecified atom stereocenters. The lowest BCUT2D eigenvalue weighted by atomic mass is 10.2. The highest BCUT2D eigenvalue weighted by molar-refractivity contribution is 7.93. The van der Waals surface area contributed by atoms with Gasteiger partial charge in [0.15, 0.2) is 0 Å². The predicted molar refractivity (Wildman–Crippen MR) is 118 cm³/mol. The first-order chi connectivity index (χ1) is 15.8. The Morgan fingerprint density at radius 1 is 0.588 bits per heavy atom. The summed E-state index contributed by atoms with van der Waals surface area (Å²) in [4.78, 5) is 21.4. The molecule has 0 bridgehead atoms. The van der Waals surface area contributed by atoms with Crippen LogP contribution in [0.1, 0.15) is 20.7 Å². The zero-order valence-electron chi connectivity index (χ0n) is 16.8. The number of hydrogen-bond acceptors (Lipinski definition) is 8. The fraction of sp³-hybridized carbons (Fsp3) is 0. The molecule has 0 saturated carbocycles. The number of hydrogen-bond donors (Lipinski definition) is 6. The minimum absolute atomic E-state index is 0.0192. The average molecular weight is 508 g/mol. The molecule has 6 N–H and O–H groups in total. The maximum atomic E-state index is 12.5. The molecule has 0 aliphatic heterocycles. The van der Waals surface area contributed by atoms with Gasteiger partial charge in [-0.1, -0.05) is 0 Å². The van der Waals surface area contributed by atoms with E-state index < -0.39 is 64.4 Å². The molecule has 3 aromatic rings. The standard InChI is InChI=1S/C20H16N2O10S2/c23-17-7-5-13(9-15(17)19(25)26)33(29,30)21-11-1-2-12(4-3-11)22-34(31,32)14-6-8-18(24)16(10-14)20(27)28/h1-10,21-24H,(H,25,26)(H,27,28). The molecule has 0 radical (unpaired) electrons. The van der Waals surface area contributed by atoms with Gasteiger partial charge in [-0.25, -0.2) is 26.4 Å². The van der Waals surface area contributed by atoms with E-state index in [9.17, 15) is 36.6 Å². The summed E-state index contributed by atoms with van der Waals surface area (Å²) in [6.45, 7) is 0. The van der Waals surface area contributed by atoms with Gasteiger partial charge in [-0.3, -0.25) is 9.44 Å². The molecule has 0 amide bonds. The average Bonchev–Trinajstić information content (AvgIpc) is 2.74. The highest BCUT2D eigenvalue weighted by atomic mass is 32.2. The van der Waals surface area contributed by atoms with Crippen molar-refractivity contribution in [3.63, 3.8) is 0 Å². The van der Waals surface area contributed by atoms with E-state index in [2.05, 4.69) is 9.44 Å². The Bertz CT molecular complexity index is 1380. The van der Waals surface area contributed by atoms with Crippen molar-refractivity contribution >= 4 is 43.4 Å². The Morgan fingerprint density at radius 2 is 0.912 bits per heavy atom. The number of carbonyl (C=O) groups is 2. The Balaban J connectivity index is 1.80. The number of carboxylic acid groups (broad SMARTS) is 2. The van der Waals surface area contributed by atoms with Crippen molar-refractivity contribution in [2.24, 2.45) is 0 Å². The first-order valence-electron chi connectivity index (χ1n) is 9.08. The summed E-state index contributed by atoms with van der Waals surface area (Å²) in [7, 11) is -8.47. The van der Waals surface area contributed by atoms with Gasteiger partial charge in [-0.15, -0.1) is 0 Å². The third kappa shape index (κ3) is 5.19. The second-order valence-corrected chi connectivity index (χ2v) is 10.1. The summed E-state index contributed by atoms with van der Waals surface area (Å²) in [5, 5.41) is 37.1. The second-order valence-electron chi connectivity index (χ2n) is 6.76. The summed E-state index contributed by atoms with van der Waals surface area (Å²) >= 11 is 0. The van der Waals surface area contributed by atoms with E-state index in [-0.39, 0.29) is 11.4 Å². The zero-order chi connectivity index (χ0) is 25.3. The van der Waals surface area contributed by atoms with E-state index in [0.717, 1.165) is 36.4 Å². The van der Waals surface area contributed by atoms with Gasteiger partial charge in [0.25, 0.3) is 20.0 Å². The molecule has 0 fully saturated rings. The maximum Gasteiger partial charge on any atom is 0.339 e. The van der Waals surface area contributed by atoms with Crippen LogP contribution >= 0.6 is 0 Å². The van der Waals surface area contributed by atoms with Crippen LogP contribution in [0.2, 0.25) is 0 Å². The summed E-state index contributed by atoms with van der Waals surface area (Å²) < 4.78 is 54.5. The Hall–Kier alpha value is -4.30. The van der Waals surface area contributed by atoms with E-state index in [1.54, 1.807) is 0 Å². The lowest BCUT2D eigenvalue weighted by Crippen LogP contribution is -2.15. The van der Waals surface area contributed by atoms with Crippen LogP contribution in [0.5, 0.6) is 11.5 Å². The molecule has 0 heterocycles. The van der Waals surface area contributed by atoms with Crippen molar-refractivity contribution in [1.82, 2.24) is 0 Å². The van der Waals surface area contributed by atoms with Crippen molar-refractivity contribution < 1.29 is 46.9 Å². The number of aromatic carboxylic acids is 2. The molecule has 3 aromatic carbocycles. The van der Waals surface area contributed by atoms with E-state index in [0.29, 0.717) is 0 Å². The molecule has 14 heteroatoms. The van der Waals surface area contributed by atoms with Gasteiger partial charge in [0, 0.05) is 11.4 Å². The van der Waals surface area contributed by atoms with Crippen molar-refractivity contribution in [1.29, 1.82) is 0 Å². The lowest BCUT2D eigenvalue weighted by Gasteiger charge is -2.12. The molecule has 0 atom stereocenters. The Morgan fingerprint density at radius 3 is 1.21 bits per heavy atom. The number of sulfonamides is 2. The molecule has 178 valence electrons. The molecule has 0 aliphatic carbocycles. The predicted octanol–water partition coefficient (Wildman–Crippen LogP) is 2.10. The maximum absolute atomic E-state index is 12.5. The monoisotopic (exact) mass is 508 g/mol. The largest absolute Gasteiger partial charge is 0.507 e. The molecule has 0 aromatic heterocycles. The van der Waals surface area contributed by atoms with Gasteiger partial charge in [0.1, 0.15) is 22.6 Å². The molecule has 34 heavy (non-hydrogen) atoms. The second kappa shape index (κ2) is 8.92. The quantitative estimate of drug-likeness (QED) is 0.261. The summed E-state index contributed by atoms with van der Waals surface area (Å²) in [5.74, 6) is -4.25. The topological polar surface area (TPSA) is 207 Å². The number of carboxylic acids is 2. The van der Waals surface area contributed by atoms with Crippen LogP contribution in [-0.2, 0) is 20.0 Å². The van der Waals surface area contributed by atoms with Crippen molar-refractivity contribution in [2.75, 3.05) is 9.44 Å². The third-order valence-corrected chi connectivity index (χ3v) is 7.16. The smallest absolute Gasteiger partial charge is 0.339 e. The fourth-order valence-electron chi connectivity index (χ4n) is 2.74. The summed E-state index contributed by atoms with van der Waals surface area (Å²) in [6.07, 6.45) is 0. The number of phenols is 2. The van der Waals surface area contributed by atoms with Crippen LogP contribution in [0, 0.1) is 0 Å². The van der Waals surface area contributed by atoms with Gasteiger partial charge in [0.2, 0.25) is 0 Å². The lowest BCUT2D eigenvalue weighted by molar-refractivity contribution is 0.0682. The van der Waals surface area contributed by atoms with Gasteiger partial charge >= 0.3 is 11.9 Å². The summed E-state index contributed by atoms with van der Waals surface area (Å²) in [5.41, 5.74) is -1.17. The molecule has 0 spiro atoms. The minimum Gasteiger partial charge on any atom is -0.507 e. The highest BCUT2D eigenvalue weighted by Gasteiger charge is 2.21. The summed E-state index contributed by atoms with van der Waals surface area (Å²) in [6, 6.07) is 10.4. The van der Waals surface area contributed by atoms with Crippen LogP contribution < -0.4 is 9.44 Å². The normalized spacial score (nSPS) is 11.5. The number of anilines is 2. The van der Waals surface area contributed by atoms with Gasteiger partial charge in [-0.05, 0) is 60.7 Å². The van der Waals surface area contributed by atoms with E-state index in [1.165, 1.54) is 24.3 Å². The molecule has 12 nitrogen and oxygen atoms in total. The number of aromatic hydroxyl groups is 2. The molecule has 0 saturated heterocycles. The van der Waals surface area contributed by atoms with Gasteiger partial charge < -0.3 is 20.4 Å². The van der Waals surface area contributed by atoms with Crippen LogP contribution in [0.15, 0.2) is 70.5 Å². The van der Waals surface area contributed by atoms with Crippen LogP contribution in [-0.4, -0.2) is 49.2 Å². The van der Waals surface area contributed by atoms with Gasteiger partial charge in [-0.2, -0.15) is 0 Å². The highest BCUT2D eigenvalue weighted by Crippen LogP contribution is 2.26. The van der Waals surface area contributed by atoms with Gasteiger partial charge in [0.05, 0.1) is 9.79 Å². The Kier molecular flexibility index (Phi) is 6.38. The fourth-order valence-corrected chi connectivity index (χ4v) is 4.91. The number of nitrogens with one attached hydrogen (secondary N) is 2. The molecular formula is C20H16N2O10S2. The van der Waals surface area contributed by atoms with E-state index in [4.69, 9.17) is 10.2 Å². The third-order valence-electron chi connectivity index (χ3n) is 4.41. The first-order valence-corrected chi connectivity index (χ1v) is 12.0. The van der Waals surface area contributed by atoms with E-state index in [1.807, 2.05) is 0 Å². The first kappa shape index (κ1) is 24.3. The van der Waals surface area contributed by atoms with Crippen LogP contribution in [0.3, 0.4) is 0 Å². The number of rotatable bonds is 8. The Labute approximate surface area is 192 Å². The zero-order valence-corrected chi connectivity index (χ0v) is 18.5. The SMILES string of the molecule is O=C(O)c1cc(S(=O)(=O)Nc2ccc(NS(=O)(=O)c3ccc(O)c(C(=O)O)c3)cc2)ccc1O. The van der Waals surface area contributed by atoms with E-state index >= 15 is 0 Å². The number of benzene rings is 3.